The van der Waals surface area contributed by atoms with Crippen molar-refractivity contribution in [2.75, 3.05) is 5.73 Å². The van der Waals surface area contributed by atoms with Gasteiger partial charge in [0.2, 0.25) is 0 Å². The van der Waals surface area contributed by atoms with Crippen LogP contribution in [0.15, 0.2) is 36.7 Å². The molecule has 2 nitrogen and oxygen atoms in total. The lowest BCUT2D eigenvalue weighted by atomic mass is 10.1. The van der Waals surface area contributed by atoms with Crippen molar-refractivity contribution in [2.45, 2.75) is 0 Å². The number of nitrogens with zero attached hydrogens (tertiary/aromatic N) is 1. The molecule has 2 N–H and O–H groups in total. The number of hydrogen-bond donors (Lipinski definition) is 1. The van der Waals surface area contributed by atoms with E-state index in [1.807, 2.05) is 0 Å². The minimum absolute atomic E-state index is 0.0868. The maximum atomic E-state index is 12.9. The Morgan fingerprint density at radius 2 is 2.07 bits per heavy atom. The molecule has 2 rings (SSSR count). The van der Waals surface area contributed by atoms with Crippen LogP contribution in [-0.4, -0.2) is 4.98 Å². The standard InChI is InChI=1S/C11H8ClFN2/c12-9-5-7(1-2-10(9)13)8-3-4-15-6-11(8)14/h1-6H,14H2. The van der Waals surface area contributed by atoms with Crippen molar-refractivity contribution >= 4 is 17.3 Å². The zero-order valence-corrected chi connectivity index (χ0v) is 8.50. The van der Waals surface area contributed by atoms with Crippen molar-refractivity contribution in [3.8, 4) is 11.1 Å². The molecule has 76 valence electrons. The van der Waals surface area contributed by atoms with Gasteiger partial charge in [-0.3, -0.25) is 4.98 Å². The Labute approximate surface area is 91.5 Å². The molecular weight excluding hydrogens is 215 g/mol. The van der Waals surface area contributed by atoms with Crippen molar-refractivity contribution in [3.63, 3.8) is 0 Å². The van der Waals surface area contributed by atoms with Crippen LogP contribution in [0.3, 0.4) is 0 Å². The smallest absolute Gasteiger partial charge is 0.141 e. The molecular formula is C11H8ClFN2. The number of nitrogens with two attached hydrogens (primary N) is 1. The van der Waals surface area contributed by atoms with Crippen molar-refractivity contribution in [2.24, 2.45) is 0 Å². The topological polar surface area (TPSA) is 38.9 Å². The molecule has 1 aromatic heterocycles. The fourth-order valence-corrected chi connectivity index (χ4v) is 1.51. The van der Waals surface area contributed by atoms with Crippen LogP contribution in [-0.2, 0) is 0 Å². The molecule has 0 bridgehead atoms. The van der Waals surface area contributed by atoms with E-state index < -0.39 is 5.82 Å². The van der Waals surface area contributed by atoms with Gasteiger partial charge in [0.05, 0.1) is 16.9 Å². The highest BCUT2D eigenvalue weighted by Gasteiger charge is 2.05. The quantitative estimate of drug-likeness (QED) is 0.805. The van der Waals surface area contributed by atoms with Gasteiger partial charge in [0.25, 0.3) is 0 Å². The molecule has 0 radical (unpaired) electrons. The maximum absolute atomic E-state index is 12.9. The van der Waals surface area contributed by atoms with Crippen LogP contribution in [0.1, 0.15) is 0 Å². The highest BCUT2D eigenvalue weighted by Crippen LogP contribution is 2.28. The molecule has 15 heavy (non-hydrogen) atoms. The molecule has 0 saturated carbocycles. The summed E-state index contributed by atoms with van der Waals surface area (Å²) in [6.07, 6.45) is 3.18. The first-order valence-corrected chi connectivity index (χ1v) is 4.71. The fourth-order valence-electron chi connectivity index (χ4n) is 1.33. The summed E-state index contributed by atoms with van der Waals surface area (Å²) in [4.78, 5) is 3.88. The van der Waals surface area contributed by atoms with E-state index in [2.05, 4.69) is 4.98 Å². The second-order valence-electron chi connectivity index (χ2n) is 3.09. The van der Waals surface area contributed by atoms with Crippen LogP contribution < -0.4 is 5.73 Å². The molecule has 0 saturated heterocycles. The Balaban J connectivity index is 2.55. The molecule has 0 amide bonds. The minimum Gasteiger partial charge on any atom is -0.397 e. The van der Waals surface area contributed by atoms with E-state index in [1.165, 1.54) is 6.07 Å². The molecule has 0 spiro atoms. The van der Waals surface area contributed by atoms with Gasteiger partial charge in [-0.15, -0.1) is 0 Å². The molecule has 0 unspecified atom stereocenters. The second-order valence-corrected chi connectivity index (χ2v) is 3.50. The first-order valence-electron chi connectivity index (χ1n) is 4.33. The van der Waals surface area contributed by atoms with Crippen molar-refractivity contribution < 1.29 is 4.39 Å². The van der Waals surface area contributed by atoms with Crippen molar-refractivity contribution in [1.29, 1.82) is 0 Å². The normalized spacial score (nSPS) is 10.3. The summed E-state index contributed by atoms with van der Waals surface area (Å²) in [5, 5.41) is 0.0868. The summed E-state index contributed by atoms with van der Waals surface area (Å²) in [6, 6.07) is 6.26. The van der Waals surface area contributed by atoms with E-state index in [1.54, 1.807) is 30.6 Å². The number of hydrogen-bond acceptors (Lipinski definition) is 2. The Morgan fingerprint density at radius 3 is 2.73 bits per heavy atom. The van der Waals surface area contributed by atoms with E-state index in [0.717, 1.165) is 11.1 Å². The molecule has 0 aliphatic rings. The number of rotatable bonds is 1. The molecule has 4 heteroatoms. The average molecular weight is 223 g/mol. The Bertz CT molecular complexity index is 500. The SMILES string of the molecule is Nc1cnccc1-c1ccc(F)c(Cl)c1. The summed E-state index contributed by atoms with van der Waals surface area (Å²) < 4.78 is 12.9. The zero-order chi connectivity index (χ0) is 10.8. The summed E-state index contributed by atoms with van der Waals surface area (Å²) in [5.41, 5.74) is 7.86. The molecule has 1 heterocycles. The predicted octanol–water partition coefficient (Wildman–Crippen LogP) is 3.12. The highest BCUT2D eigenvalue weighted by molar-refractivity contribution is 6.31. The van der Waals surface area contributed by atoms with E-state index in [-0.39, 0.29) is 5.02 Å². The monoisotopic (exact) mass is 222 g/mol. The van der Waals surface area contributed by atoms with Gasteiger partial charge in [-0.2, -0.15) is 0 Å². The number of benzene rings is 1. The lowest BCUT2D eigenvalue weighted by molar-refractivity contribution is 0.628. The second kappa shape index (κ2) is 3.87. The largest absolute Gasteiger partial charge is 0.397 e. The van der Waals surface area contributed by atoms with E-state index in [4.69, 9.17) is 17.3 Å². The first-order chi connectivity index (χ1) is 7.18. The molecule has 0 aliphatic heterocycles. The molecule has 0 fully saturated rings. The van der Waals surface area contributed by atoms with Gasteiger partial charge < -0.3 is 5.73 Å². The van der Waals surface area contributed by atoms with Gasteiger partial charge in [0.1, 0.15) is 5.82 Å². The molecule has 0 aliphatic carbocycles. The molecule has 2 aromatic rings. The summed E-state index contributed by atoms with van der Waals surface area (Å²) in [5.74, 6) is -0.437. The predicted molar refractivity (Wildman–Crippen MR) is 59.1 cm³/mol. The third kappa shape index (κ3) is 1.92. The van der Waals surface area contributed by atoms with Gasteiger partial charge >= 0.3 is 0 Å². The Kier molecular flexibility index (Phi) is 2.56. The van der Waals surface area contributed by atoms with Crippen LogP contribution in [0.4, 0.5) is 10.1 Å². The molecule has 1 aromatic carbocycles. The summed E-state index contributed by atoms with van der Waals surface area (Å²) >= 11 is 5.68. The third-order valence-electron chi connectivity index (χ3n) is 2.08. The van der Waals surface area contributed by atoms with Crippen LogP contribution in [0.5, 0.6) is 0 Å². The van der Waals surface area contributed by atoms with Crippen LogP contribution in [0.2, 0.25) is 5.02 Å². The fraction of sp³-hybridized carbons (Fsp3) is 0. The van der Waals surface area contributed by atoms with E-state index in [9.17, 15) is 4.39 Å². The zero-order valence-electron chi connectivity index (χ0n) is 7.74. The van der Waals surface area contributed by atoms with Crippen LogP contribution >= 0.6 is 11.6 Å². The minimum atomic E-state index is -0.437. The summed E-state index contributed by atoms with van der Waals surface area (Å²) in [6.45, 7) is 0. The maximum Gasteiger partial charge on any atom is 0.141 e. The van der Waals surface area contributed by atoms with Gasteiger partial charge in [-0.25, -0.2) is 4.39 Å². The number of anilines is 1. The number of aromatic nitrogens is 1. The van der Waals surface area contributed by atoms with Gasteiger partial charge in [0, 0.05) is 11.8 Å². The third-order valence-corrected chi connectivity index (χ3v) is 2.37. The van der Waals surface area contributed by atoms with Crippen molar-refractivity contribution in [1.82, 2.24) is 4.98 Å². The lowest BCUT2D eigenvalue weighted by Gasteiger charge is -2.05. The molecule has 0 atom stereocenters. The van der Waals surface area contributed by atoms with Gasteiger partial charge in [-0.1, -0.05) is 17.7 Å². The summed E-state index contributed by atoms with van der Waals surface area (Å²) in [7, 11) is 0. The average Bonchev–Trinajstić information content (AvgIpc) is 2.23. The van der Waals surface area contributed by atoms with Crippen molar-refractivity contribution in [3.05, 3.63) is 47.5 Å². The van der Waals surface area contributed by atoms with Crippen LogP contribution in [0.25, 0.3) is 11.1 Å². The number of halogens is 2. The number of nitrogen functional groups attached to an aromatic ring is 1. The Morgan fingerprint density at radius 1 is 1.27 bits per heavy atom. The van der Waals surface area contributed by atoms with Crippen LogP contribution in [0, 0.1) is 5.82 Å². The number of pyridine rings is 1. The van der Waals surface area contributed by atoms with Gasteiger partial charge in [0.15, 0.2) is 0 Å². The lowest BCUT2D eigenvalue weighted by Crippen LogP contribution is -1.91. The Hall–Kier alpha value is -1.61. The highest BCUT2D eigenvalue weighted by atomic mass is 35.5. The first kappa shape index (κ1) is 9.93. The van der Waals surface area contributed by atoms with E-state index in [0.29, 0.717) is 5.69 Å². The van der Waals surface area contributed by atoms with Gasteiger partial charge in [-0.05, 0) is 23.8 Å². The van der Waals surface area contributed by atoms with E-state index >= 15 is 0 Å².